The van der Waals surface area contributed by atoms with Crippen LogP contribution in [0.25, 0.3) is 0 Å². The predicted octanol–water partition coefficient (Wildman–Crippen LogP) is 1.29. The van der Waals surface area contributed by atoms with Crippen molar-refractivity contribution in [3.8, 4) is 0 Å². The first-order chi connectivity index (χ1) is 7.78. The van der Waals surface area contributed by atoms with Gasteiger partial charge in [0, 0.05) is 13.1 Å². The Morgan fingerprint density at radius 2 is 1.94 bits per heavy atom. The summed E-state index contributed by atoms with van der Waals surface area (Å²) < 4.78 is 0. The van der Waals surface area contributed by atoms with Crippen molar-refractivity contribution in [1.29, 1.82) is 0 Å². The Balaban J connectivity index is 3.92. The van der Waals surface area contributed by atoms with E-state index < -0.39 is 5.60 Å². The number of hydrogen-bond acceptors (Lipinski definition) is 3. The Morgan fingerprint density at radius 1 is 1.35 bits per heavy atom. The molecule has 0 aliphatic carbocycles. The maximum Gasteiger partial charge on any atom is 0.236 e. The zero-order valence-electron chi connectivity index (χ0n) is 11.8. The maximum atomic E-state index is 11.7. The average Bonchev–Trinajstić information content (AvgIpc) is 2.22. The first-order valence-electron chi connectivity index (χ1n) is 6.52. The molecule has 2 unspecified atom stereocenters. The Morgan fingerprint density at radius 3 is 2.41 bits per heavy atom. The number of nitrogens with one attached hydrogen (secondary N) is 2. The molecule has 0 radical (unpaired) electrons. The molecule has 0 aliphatic rings. The van der Waals surface area contributed by atoms with E-state index in [2.05, 4.69) is 24.5 Å². The molecule has 0 heterocycles. The molecular formula is C13H28N2O2. The topological polar surface area (TPSA) is 61.4 Å². The van der Waals surface area contributed by atoms with E-state index in [0.29, 0.717) is 19.0 Å². The molecule has 0 aromatic heterocycles. The summed E-state index contributed by atoms with van der Waals surface area (Å²) in [6, 6.07) is -0.267. The number of hydrogen-bond donors (Lipinski definition) is 3. The fourth-order valence-corrected chi connectivity index (χ4v) is 1.55. The highest BCUT2D eigenvalue weighted by Gasteiger charge is 2.21. The molecule has 0 aliphatic heterocycles. The minimum Gasteiger partial charge on any atom is -0.389 e. The first kappa shape index (κ1) is 16.4. The Bertz CT molecular complexity index is 227. The third kappa shape index (κ3) is 8.16. The second-order valence-corrected chi connectivity index (χ2v) is 5.49. The van der Waals surface area contributed by atoms with Crippen molar-refractivity contribution in [3.05, 3.63) is 0 Å². The molecule has 0 saturated heterocycles. The van der Waals surface area contributed by atoms with Crippen molar-refractivity contribution in [1.82, 2.24) is 10.6 Å². The van der Waals surface area contributed by atoms with Gasteiger partial charge in [-0.05, 0) is 26.2 Å². The monoisotopic (exact) mass is 244 g/mol. The highest BCUT2D eigenvalue weighted by molar-refractivity contribution is 5.81. The summed E-state index contributed by atoms with van der Waals surface area (Å²) in [6.45, 7) is 10.9. The summed E-state index contributed by atoms with van der Waals surface area (Å²) in [4.78, 5) is 11.7. The highest BCUT2D eigenvalue weighted by Crippen LogP contribution is 2.10. The standard InChI is InChI=1S/C13H28N2O2/c1-6-7-13(5,17)9-15-11(4)12(16)14-8-10(2)3/h10-11,15,17H,6-9H2,1-5H3,(H,14,16). The van der Waals surface area contributed by atoms with E-state index in [9.17, 15) is 9.90 Å². The zero-order valence-corrected chi connectivity index (χ0v) is 11.8. The van der Waals surface area contributed by atoms with Crippen molar-refractivity contribution >= 4 is 5.91 Å². The lowest BCUT2D eigenvalue weighted by atomic mass is 10.0. The third-order valence-corrected chi connectivity index (χ3v) is 2.66. The van der Waals surface area contributed by atoms with Gasteiger partial charge in [0.2, 0.25) is 5.91 Å². The number of rotatable bonds is 8. The fraction of sp³-hybridized carbons (Fsp3) is 0.923. The van der Waals surface area contributed by atoms with Crippen LogP contribution in [0.4, 0.5) is 0 Å². The van der Waals surface area contributed by atoms with Crippen LogP contribution >= 0.6 is 0 Å². The van der Waals surface area contributed by atoms with Crippen molar-refractivity contribution in [2.24, 2.45) is 5.92 Å². The van der Waals surface area contributed by atoms with Crippen molar-refractivity contribution in [3.63, 3.8) is 0 Å². The Labute approximate surface area is 105 Å². The van der Waals surface area contributed by atoms with Gasteiger partial charge in [0.25, 0.3) is 0 Å². The number of amides is 1. The van der Waals surface area contributed by atoms with Crippen LogP contribution in [0.1, 0.15) is 47.5 Å². The normalized spacial score (nSPS) is 16.6. The lowest BCUT2D eigenvalue weighted by Gasteiger charge is -2.25. The number of aliphatic hydroxyl groups is 1. The van der Waals surface area contributed by atoms with E-state index in [0.717, 1.165) is 12.8 Å². The van der Waals surface area contributed by atoms with Gasteiger partial charge in [0.1, 0.15) is 0 Å². The molecule has 3 N–H and O–H groups in total. The van der Waals surface area contributed by atoms with Crippen molar-refractivity contribution in [2.75, 3.05) is 13.1 Å². The Hall–Kier alpha value is -0.610. The van der Waals surface area contributed by atoms with Crippen LogP contribution in [0, 0.1) is 5.92 Å². The van der Waals surface area contributed by atoms with E-state index >= 15 is 0 Å². The molecule has 0 rings (SSSR count). The van der Waals surface area contributed by atoms with Gasteiger partial charge in [0.15, 0.2) is 0 Å². The number of carbonyl (C=O) groups is 1. The summed E-state index contributed by atoms with van der Waals surface area (Å²) in [7, 11) is 0. The van der Waals surface area contributed by atoms with Gasteiger partial charge in [-0.3, -0.25) is 4.79 Å². The predicted molar refractivity (Wildman–Crippen MR) is 70.8 cm³/mol. The molecule has 0 aromatic carbocycles. The van der Waals surface area contributed by atoms with Crippen molar-refractivity contribution < 1.29 is 9.90 Å². The summed E-state index contributed by atoms with van der Waals surface area (Å²) in [5.41, 5.74) is -0.735. The van der Waals surface area contributed by atoms with Crippen LogP contribution in [-0.2, 0) is 4.79 Å². The van der Waals surface area contributed by atoms with E-state index in [4.69, 9.17) is 0 Å². The lowest BCUT2D eigenvalue weighted by molar-refractivity contribution is -0.123. The summed E-state index contributed by atoms with van der Waals surface area (Å²) >= 11 is 0. The minimum absolute atomic E-state index is 0.00833. The number of carbonyl (C=O) groups excluding carboxylic acids is 1. The molecule has 0 saturated carbocycles. The molecule has 4 nitrogen and oxygen atoms in total. The smallest absolute Gasteiger partial charge is 0.236 e. The second kappa shape index (κ2) is 7.67. The van der Waals surface area contributed by atoms with Gasteiger partial charge >= 0.3 is 0 Å². The second-order valence-electron chi connectivity index (χ2n) is 5.49. The van der Waals surface area contributed by atoms with Gasteiger partial charge in [-0.1, -0.05) is 27.2 Å². The molecular weight excluding hydrogens is 216 g/mol. The first-order valence-corrected chi connectivity index (χ1v) is 6.52. The van der Waals surface area contributed by atoms with E-state index in [1.54, 1.807) is 6.92 Å². The molecule has 4 heteroatoms. The van der Waals surface area contributed by atoms with Crippen LogP contribution < -0.4 is 10.6 Å². The maximum absolute atomic E-state index is 11.7. The van der Waals surface area contributed by atoms with Gasteiger partial charge in [-0.25, -0.2) is 0 Å². The van der Waals surface area contributed by atoms with Gasteiger partial charge in [-0.2, -0.15) is 0 Å². The quantitative estimate of drug-likeness (QED) is 0.603. The third-order valence-electron chi connectivity index (χ3n) is 2.66. The van der Waals surface area contributed by atoms with Gasteiger partial charge < -0.3 is 15.7 Å². The molecule has 17 heavy (non-hydrogen) atoms. The molecule has 0 bridgehead atoms. The van der Waals surface area contributed by atoms with E-state index in [-0.39, 0.29) is 11.9 Å². The minimum atomic E-state index is -0.735. The van der Waals surface area contributed by atoms with Crippen LogP contribution in [0.2, 0.25) is 0 Å². The summed E-state index contributed by atoms with van der Waals surface area (Å²) in [5, 5.41) is 15.9. The SMILES string of the molecule is CCCC(C)(O)CNC(C)C(=O)NCC(C)C. The lowest BCUT2D eigenvalue weighted by Crippen LogP contribution is -2.48. The average molecular weight is 244 g/mol. The fourth-order valence-electron chi connectivity index (χ4n) is 1.55. The van der Waals surface area contributed by atoms with Gasteiger partial charge in [-0.15, -0.1) is 0 Å². The molecule has 1 amide bonds. The van der Waals surface area contributed by atoms with Gasteiger partial charge in [0.05, 0.1) is 11.6 Å². The van der Waals surface area contributed by atoms with E-state index in [1.165, 1.54) is 0 Å². The van der Waals surface area contributed by atoms with Crippen LogP contribution in [-0.4, -0.2) is 35.7 Å². The molecule has 102 valence electrons. The largest absolute Gasteiger partial charge is 0.389 e. The van der Waals surface area contributed by atoms with Crippen molar-refractivity contribution in [2.45, 2.75) is 59.1 Å². The highest BCUT2D eigenvalue weighted by atomic mass is 16.3. The molecule has 0 fully saturated rings. The van der Waals surface area contributed by atoms with Crippen LogP contribution in [0.15, 0.2) is 0 Å². The summed E-state index contributed by atoms with van der Waals surface area (Å²) in [6.07, 6.45) is 1.67. The van der Waals surface area contributed by atoms with Crippen LogP contribution in [0.3, 0.4) is 0 Å². The molecule has 2 atom stereocenters. The zero-order chi connectivity index (χ0) is 13.5. The molecule has 0 aromatic rings. The summed E-state index contributed by atoms with van der Waals surface area (Å²) in [5.74, 6) is 0.445. The van der Waals surface area contributed by atoms with E-state index in [1.807, 2.05) is 13.8 Å². The Kier molecular flexibility index (Phi) is 7.39. The molecule has 0 spiro atoms. The van der Waals surface area contributed by atoms with Crippen LogP contribution in [0.5, 0.6) is 0 Å².